The van der Waals surface area contributed by atoms with E-state index < -0.39 is 97.3 Å². The summed E-state index contributed by atoms with van der Waals surface area (Å²) in [5, 5.41) is 3.72. The lowest BCUT2D eigenvalue weighted by Crippen LogP contribution is -2.61. The second kappa shape index (κ2) is 20.2. The molecule has 12 aromatic carbocycles. The molecule has 0 amide bonds. The van der Waals surface area contributed by atoms with Crippen LogP contribution in [0.4, 0.5) is 34.1 Å². The van der Waals surface area contributed by atoms with Gasteiger partial charge in [0.2, 0.25) is 0 Å². The largest absolute Gasteiger partial charge is 0.452 e. The molecule has 0 spiro atoms. The Kier molecular flexibility index (Phi) is 9.18. The van der Waals surface area contributed by atoms with Crippen LogP contribution < -0.4 is 26.2 Å². The fourth-order valence-corrected chi connectivity index (χ4v) is 13.7. The van der Waals surface area contributed by atoms with Crippen LogP contribution in [0.2, 0.25) is 0 Å². The third kappa shape index (κ3) is 8.87. The Morgan fingerprint density at radius 3 is 1.38 bits per heavy atom. The molecule has 0 unspecified atom stereocenters. The van der Waals surface area contributed by atoms with Crippen molar-refractivity contribution < 1.29 is 25.0 Å². The Bertz CT molecular complexity index is 5960. The fraction of sp³-hybridized carbons (Fsp3) is 0.143. The Morgan fingerprint density at radius 2 is 0.831 bits per heavy atom. The zero-order valence-corrected chi connectivity index (χ0v) is 51.0. The highest BCUT2D eigenvalue weighted by molar-refractivity contribution is 7.00. The van der Waals surface area contributed by atoms with Crippen LogP contribution in [0.3, 0.4) is 0 Å². The molecule has 4 nitrogen and oxygen atoms in total. The molecule has 0 fully saturated rings. The van der Waals surface area contributed by atoms with Crippen molar-refractivity contribution >= 4 is 101 Å². The van der Waals surface area contributed by atoms with Crippen molar-refractivity contribution in [3.63, 3.8) is 0 Å². The number of rotatable bonds is 7. The SMILES string of the molecule is [2H]c1c([2H])c([2H])c(-c2ccc3c(c2)N(c2cccc(-c4ccccc4C(C)(C)C)c2)c2cc(-c4c([2H])c([2H])c([2H])c([2H])c4[2H])cc4c2B3c2ccc(-c3c([2H])c([2H])c([2H])c([2H])c3[2H])cc2N4c2cccc3c2oc2c(-n4c5ccc(C(C)(C)C)cc5c5cc(C(C)(C)C)ccc54)cccc23)c([2H])c1[2H]. The molecular weight excluding hydrogens is 1080 g/mol. The van der Waals surface area contributed by atoms with Crippen molar-refractivity contribution in [3.05, 3.63) is 277 Å². The highest BCUT2D eigenvalue weighted by atomic mass is 16.3. The summed E-state index contributed by atoms with van der Waals surface area (Å²) in [7, 11) is 0. The Labute approximate surface area is 544 Å². The molecule has 14 aromatic rings. The summed E-state index contributed by atoms with van der Waals surface area (Å²) in [5.41, 5.74) is 14.3. The molecule has 0 atom stereocenters. The van der Waals surface area contributed by atoms with Gasteiger partial charge in [-0.25, -0.2) is 0 Å². The molecule has 0 N–H and O–H groups in total. The van der Waals surface area contributed by atoms with Gasteiger partial charge in [0.25, 0.3) is 6.71 Å². The maximum atomic E-state index is 9.73. The zero-order chi connectivity index (χ0) is 73.7. The first-order valence-corrected chi connectivity index (χ1v) is 30.3. The summed E-state index contributed by atoms with van der Waals surface area (Å²) >= 11 is 0. The van der Waals surface area contributed by atoms with Crippen LogP contribution in [0, 0.1) is 0 Å². The Morgan fingerprint density at radius 1 is 0.348 bits per heavy atom. The molecule has 0 saturated heterocycles. The van der Waals surface area contributed by atoms with Crippen LogP contribution in [0.1, 0.15) is 99.6 Å². The number of nitrogens with zero attached hydrogens (tertiary/aromatic N) is 3. The second-order valence-corrected chi connectivity index (χ2v) is 26.6. The fourth-order valence-electron chi connectivity index (χ4n) is 13.7. The van der Waals surface area contributed by atoms with E-state index in [0.29, 0.717) is 67.2 Å². The lowest BCUT2D eigenvalue weighted by molar-refractivity contribution is 0.590. The minimum Gasteiger partial charge on any atom is -0.452 e. The topological polar surface area (TPSA) is 24.6 Å². The summed E-state index contributed by atoms with van der Waals surface area (Å²) < 4.78 is 147. The number of fused-ring (bicyclic) bond motifs is 10. The molecule has 4 heterocycles. The van der Waals surface area contributed by atoms with E-state index in [0.717, 1.165) is 55.0 Å². The Hall–Kier alpha value is -10.1. The van der Waals surface area contributed by atoms with Gasteiger partial charge in [-0.05, 0) is 167 Å². The Balaban J connectivity index is 1.05. The van der Waals surface area contributed by atoms with E-state index in [1.165, 1.54) is 11.1 Å². The van der Waals surface area contributed by atoms with Gasteiger partial charge in [-0.1, -0.05) is 250 Å². The van der Waals surface area contributed by atoms with E-state index >= 15 is 0 Å². The van der Waals surface area contributed by atoms with Crippen LogP contribution in [-0.4, -0.2) is 11.3 Å². The number of furan rings is 1. The molecule has 0 aliphatic carbocycles. The van der Waals surface area contributed by atoms with E-state index in [2.05, 4.69) is 128 Å². The van der Waals surface area contributed by atoms with E-state index in [1.807, 2.05) is 107 Å². The zero-order valence-electron chi connectivity index (χ0n) is 66.0. The average Bonchev–Trinajstić information content (AvgIpc) is 0.739. The molecule has 2 aliphatic heterocycles. The monoisotopic (exact) mass is 1160 g/mol. The number of hydrogen-bond donors (Lipinski definition) is 0. The number of hydrogen-bond acceptors (Lipinski definition) is 3. The summed E-state index contributed by atoms with van der Waals surface area (Å²) in [5.74, 6) is 0. The predicted molar refractivity (Wildman–Crippen MR) is 380 cm³/mol. The van der Waals surface area contributed by atoms with Crippen LogP contribution in [0.5, 0.6) is 0 Å². The summed E-state index contributed by atoms with van der Waals surface area (Å²) in [6.45, 7) is 19.0. The number of benzene rings is 12. The predicted octanol–water partition coefficient (Wildman–Crippen LogP) is 21.3. The number of para-hydroxylation sites is 2. The average molecular weight is 1160 g/mol. The smallest absolute Gasteiger partial charge is 0.252 e. The van der Waals surface area contributed by atoms with Crippen LogP contribution in [0.15, 0.2) is 265 Å². The normalized spacial score (nSPS) is 15.5. The van der Waals surface area contributed by atoms with Gasteiger partial charge in [0.15, 0.2) is 11.2 Å². The van der Waals surface area contributed by atoms with Gasteiger partial charge in [0.05, 0.1) is 43.0 Å². The standard InChI is InChI=1S/C84H70BN3O/c1-82(2,3)60-40-44-71-66(51-60)67-52-61(83(4,5)6)41-45-72(67)87(71)73-36-22-33-64-65-34-23-37-74(81(65)89-80(64)73)88-76-48-57(54-26-15-11-16-27-54)39-43-70(76)85-69-42-38-56(53-24-13-10-14-25-53)47-75(69)86(77-49-59(50-78(88)79(77)85)55-28-17-12-18-29-55)62-31-21-30-58(46-62)63-32-19-20-35-68(63)84(7,8)9/h10-52H,1-9H3/i10D,11D,12D,13D,14D,15D,16D,17D,18D,24D,25D,26D,27D,28D,29D. The molecule has 2 aliphatic rings. The molecule has 0 bridgehead atoms. The molecule has 2 aromatic heterocycles. The van der Waals surface area contributed by atoms with Gasteiger partial charge in [0.1, 0.15) is 0 Å². The highest BCUT2D eigenvalue weighted by Crippen LogP contribution is 2.51. The maximum Gasteiger partial charge on any atom is 0.252 e. The van der Waals surface area contributed by atoms with E-state index in [4.69, 9.17) is 14.0 Å². The van der Waals surface area contributed by atoms with Crippen molar-refractivity contribution in [3.8, 4) is 50.2 Å². The van der Waals surface area contributed by atoms with Gasteiger partial charge in [-0.2, -0.15) is 0 Å². The van der Waals surface area contributed by atoms with Gasteiger partial charge >= 0.3 is 0 Å². The maximum absolute atomic E-state index is 9.73. The number of aromatic nitrogens is 1. The third-order valence-corrected chi connectivity index (χ3v) is 18.0. The van der Waals surface area contributed by atoms with E-state index in [-0.39, 0.29) is 44.1 Å². The molecule has 16 rings (SSSR count). The summed E-state index contributed by atoms with van der Waals surface area (Å²) in [6, 6.07) is 48.9. The van der Waals surface area contributed by atoms with Crippen molar-refractivity contribution in [2.45, 2.75) is 78.6 Å². The summed E-state index contributed by atoms with van der Waals surface area (Å²) in [4.78, 5) is 4.07. The molecule has 0 radical (unpaired) electrons. The molecule has 430 valence electrons. The van der Waals surface area contributed by atoms with Crippen LogP contribution >= 0.6 is 0 Å². The van der Waals surface area contributed by atoms with Crippen molar-refractivity contribution in [1.29, 1.82) is 0 Å². The summed E-state index contributed by atoms with van der Waals surface area (Å²) in [6.07, 6.45) is 0. The van der Waals surface area contributed by atoms with Gasteiger partial charge < -0.3 is 18.8 Å². The third-order valence-electron chi connectivity index (χ3n) is 18.0. The van der Waals surface area contributed by atoms with Gasteiger partial charge in [-0.15, -0.1) is 0 Å². The lowest BCUT2D eigenvalue weighted by atomic mass is 9.33. The molecule has 5 heteroatoms. The van der Waals surface area contributed by atoms with E-state index in [9.17, 15) is 11.0 Å². The van der Waals surface area contributed by atoms with Gasteiger partial charge in [0, 0.05) is 50.0 Å². The van der Waals surface area contributed by atoms with Crippen LogP contribution in [-0.2, 0) is 16.2 Å². The van der Waals surface area contributed by atoms with Gasteiger partial charge in [-0.3, -0.25) is 0 Å². The van der Waals surface area contributed by atoms with Crippen molar-refractivity contribution in [1.82, 2.24) is 4.57 Å². The van der Waals surface area contributed by atoms with Crippen LogP contribution in [0.25, 0.3) is 93.9 Å². The highest BCUT2D eigenvalue weighted by Gasteiger charge is 2.45. The first-order valence-electron chi connectivity index (χ1n) is 37.8. The quantitative estimate of drug-likeness (QED) is 0.149. The molecule has 0 saturated carbocycles. The molecular formula is C84H70BN3O. The second-order valence-electron chi connectivity index (χ2n) is 26.6. The minimum absolute atomic E-state index is 0.0333. The molecule has 89 heavy (non-hydrogen) atoms. The first kappa shape index (κ1) is 40.4. The minimum atomic E-state index is -0.770. The van der Waals surface area contributed by atoms with E-state index in [1.54, 1.807) is 12.1 Å². The van der Waals surface area contributed by atoms with Crippen molar-refractivity contribution in [2.24, 2.45) is 0 Å². The number of anilines is 6. The lowest BCUT2D eigenvalue weighted by Gasteiger charge is -2.44. The van der Waals surface area contributed by atoms with Crippen molar-refractivity contribution in [2.75, 3.05) is 9.80 Å². The first-order chi connectivity index (χ1) is 49.3.